The van der Waals surface area contributed by atoms with E-state index in [0.29, 0.717) is 10.8 Å². The van der Waals surface area contributed by atoms with Crippen molar-refractivity contribution >= 4 is 21.5 Å². The smallest absolute Gasteiger partial charge is 0.166 e. The minimum Gasteiger partial charge on any atom is -0.204 e. The predicted molar refractivity (Wildman–Crippen MR) is 61.3 cm³/mol. The van der Waals surface area contributed by atoms with E-state index in [1.165, 1.54) is 24.3 Å². The maximum absolute atomic E-state index is 13.6. The van der Waals surface area contributed by atoms with Gasteiger partial charge in [-0.15, -0.1) is 0 Å². The van der Waals surface area contributed by atoms with Gasteiger partial charge < -0.3 is 0 Å². The third kappa shape index (κ3) is 1.45. The van der Waals surface area contributed by atoms with Gasteiger partial charge in [0.2, 0.25) is 0 Å². The van der Waals surface area contributed by atoms with Crippen LogP contribution in [0.25, 0.3) is 21.5 Å². The van der Waals surface area contributed by atoms with Crippen molar-refractivity contribution in [2.24, 2.45) is 0 Å². The van der Waals surface area contributed by atoms with Crippen LogP contribution >= 0.6 is 0 Å². The topological polar surface area (TPSA) is 0 Å². The summed E-state index contributed by atoms with van der Waals surface area (Å²) in [5.74, 6) is -3.91. The van der Waals surface area contributed by atoms with Gasteiger partial charge in [0.25, 0.3) is 0 Å². The fourth-order valence-electron chi connectivity index (χ4n) is 2.02. The summed E-state index contributed by atoms with van der Waals surface area (Å²) >= 11 is 0. The van der Waals surface area contributed by atoms with E-state index < -0.39 is 23.3 Å². The first-order chi connectivity index (χ1) is 8.58. The molecule has 0 amide bonds. The standard InChI is InChI=1S/C14H6F4/c15-11-3-1-7-5-10-8(6-9(7)13(11)17)2-4-12(16)14(10)18/h1-6H. The average Bonchev–Trinajstić information content (AvgIpc) is 2.38. The molecule has 0 aliphatic heterocycles. The van der Waals surface area contributed by atoms with Crippen molar-refractivity contribution in [1.29, 1.82) is 0 Å². The Labute approximate surface area is 99.5 Å². The molecule has 0 unspecified atom stereocenters. The van der Waals surface area contributed by atoms with E-state index in [2.05, 4.69) is 0 Å². The van der Waals surface area contributed by atoms with E-state index >= 15 is 0 Å². The Morgan fingerprint density at radius 1 is 0.556 bits per heavy atom. The van der Waals surface area contributed by atoms with E-state index in [1.54, 1.807) is 0 Å². The summed E-state index contributed by atoms with van der Waals surface area (Å²) in [6.07, 6.45) is 0. The molecule has 3 aromatic carbocycles. The molecule has 0 aliphatic carbocycles. The van der Waals surface area contributed by atoms with E-state index in [0.717, 1.165) is 12.1 Å². The molecule has 3 rings (SSSR count). The molecule has 0 spiro atoms. The fourth-order valence-corrected chi connectivity index (χ4v) is 2.02. The molecule has 0 aliphatic rings. The number of benzene rings is 3. The van der Waals surface area contributed by atoms with Gasteiger partial charge >= 0.3 is 0 Å². The third-order valence-electron chi connectivity index (χ3n) is 2.93. The molecule has 0 saturated heterocycles. The summed E-state index contributed by atoms with van der Waals surface area (Å²) in [6.45, 7) is 0. The zero-order chi connectivity index (χ0) is 12.9. The van der Waals surface area contributed by atoms with Gasteiger partial charge in [0, 0.05) is 10.8 Å². The van der Waals surface area contributed by atoms with Gasteiger partial charge in [-0.05, 0) is 35.0 Å². The summed E-state index contributed by atoms with van der Waals surface area (Å²) in [6, 6.07) is 7.20. The fraction of sp³-hybridized carbons (Fsp3) is 0. The summed E-state index contributed by atoms with van der Waals surface area (Å²) < 4.78 is 53.3. The lowest BCUT2D eigenvalue weighted by Gasteiger charge is -2.05. The highest BCUT2D eigenvalue weighted by Crippen LogP contribution is 2.28. The van der Waals surface area contributed by atoms with Crippen LogP contribution in [0.4, 0.5) is 17.6 Å². The maximum Gasteiger partial charge on any atom is 0.166 e. The highest BCUT2D eigenvalue weighted by molar-refractivity contribution is 5.98. The molecule has 0 bridgehead atoms. The van der Waals surface area contributed by atoms with Crippen molar-refractivity contribution in [1.82, 2.24) is 0 Å². The SMILES string of the molecule is Fc1ccc2cc3c(F)c(F)ccc3cc2c1F. The first kappa shape index (κ1) is 11.0. The van der Waals surface area contributed by atoms with E-state index in [9.17, 15) is 17.6 Å². The van der Waals surface area contributed by atoms with Crippen molar-refractivity contribution in [3.63, 3.8) is 0 Å². The van der Waals surface area contributed by atoms with Crippen molar-refractivity contribution in [2.45, 2.75) is 0 Å². The Kier molecular flexibility index (Phi) is 2.26. The first-order valence-corrected chi connectivity index (χ1v) is 5.23. The normalized spacial score (nSPS) is 11.3. The number of hydrogen-bond donors (Lipinski definition) is 0. The molecular formula is C14H6F4. The largest absolute Gasteiger partial charge is 0.204 e. The lowest BCUT2D eigenvalue weighted by Crippen LogP contribution is -1.90. The molecular weight excluding hydrogens is 244 g/mol. The minimum absolute atomic E-state index is 0.0495. The number of rotatable bonds is 0. The average molecular weight is 250 g/mol. The maximum atomic E-state index is 13.6. The van der Waals surface area contributed by atoms with Crippen LogP contribution in [0.15, 0.2) is 36.4 Å². The van der Waals surface area contributed by atoms with Crippen LogP contribution in [0.1, 0.15) is 0 Å². The molecule has 0 fully saturated rings. The lowest BCUT2D eigenvalue weighted by atomic mass is 10.0. The highest BCUT2D eigenvalue weighted by Gasteiger charge is 2.11. The molecule has 4 heteroatoms. The Morgan fingerprint density at radius 3 is 1.33 bits per heavy atom. The molecule has 0 N–H and O–H groups in total. The van der Waals surface area contributed by atoms with Crippen LogP contribution in [0.5, 0.6) is 0 Å². The summed E-state index contributed by atoms with van der Waals surface area (Å²) in [4.78, 5) is 0. The van der Waals surface area contributed by atoms with Gasteiger partial charge in [-0.3, -0.25) is 0 Å². The second-order valence-corrected chi connectivity index (χ2v) is 4.02. The van der Waals surface area contributed by atoms with Crippen LogP contribution in [0.2, 0.25) is 0 Å². The molecule has 0 nitrogen and oxygen atoms in total. The molecule has 90 valence electrons. The predicted octanol–water partition coefficient (Wildman–Crippen LogP) is 4.55. The Balaban J connectivity index is 2.51. The molecule has 3 aromatic rings. The van der Waals surface area contributed by atoms with Crippen LogP contribution in [0, 0.1) is 23.3 Å². The van der Waals surface area contributed by atoms with E-state index in [1.807, 2.05) is 0 Å². The molecule has 0 radical (unpaired) electrons. The summed E-state index contributed by atoms with van der Waals surface area (Å²) in [5, 5.41) is 0.749. The molecule has 0 atom stereocenters. The van der Waals surface area contributed by atoms with E-state index in [4.69, 9.17) is 0 Å². The second-order valence-electron chi connectivity index (χ2n) is 4.02. The Morgan fingerprint density at radius 2 is 0.944 bits per heavy atom. The number of halogens is 4. The van der Waals surface area contributed by atoms with Gasteiger partial charge in [0.1, 0.15) is 0 Å². The van der Waals surface area contributed by atoms with Gasteiger partial charge in [-0.1, -0.05) is 12.1 Å². The first-order valence-electron chi connectivity index (χ1n) is 5.23. The monoisotopic (exact) mass is 250 g/mol. The highest BCUT2D eigenvalue weighted by atomic mass is 19.2. The summed E-state index contributed by atoms with van der Waals surface area (Å²) in [7, 11) is 0. The van der Waals surface area contributed by atoms with Crippen LogP contribution in [0.3, 0.4) is 0 Å². The van der Waals surface area contributed by atoms with Crippen molar-refractivity contribution in [2.75, 3.05) is 0 Å². The zero-order valence-electron chi connectivity index (χ0n) is 8.98. The zero-order valence-corrected chi connectivity index (χ0v) is 8.98. The van der Waals surface area contributed by atoms with Gasteiger partial charge in [-0.2, -0.15) is 0 Å². The van der Waals surface area contributed by atoms with Crippen LogP contribution in [-0.4, -0.2) is 0 Å². The van der Waals surface area contributed by atoms with E-state index in [-0.39, 0.29) is 10.8 Å². The Hall–Kier alpha value is -2.10. The third-order valence-corrected chi connectivity index (χ3v) is 2.93. The molecule has 0 saturated carbocycles. The van der Waals surface area contributed by atoms with Crippen molar-refractivity contribution in [3.8, 4) is 0 Å². The summed E-state index contributed by atoms with van der Waals surface area (Å²) in [5.41, 5.74) is 0. The molecule has 18 heavy (non-hydrogen) atoms. The minimum atomic E-state index is -0.987. The van der Waals surface area contributed by atoms with Gasteiger partial charge in [0.05, 0.1) is 0 Å². The molecule has 0 aromatic heterocycles. The van der Waals surface area contributed by atoms with Crippen LogP contribution < -0.4 is 0 Å². The van der Waals surface area contributed by atoms with Gasteiger partial charge in [-0.25, -0.2) is 17.6 Å². The molecule has 0 heterocycles. The number of hydrogen-bond acceptors (Lipinski definition) is 0. The van der Waals surface area contributed by atoms with Crippen LogP contribution in [-0.2, 0) is 0 Å². The quantitative estimate of drug-likeness (QED) is 0.405. The number of fused-ring (bicyclic) bond motifs is 2. The van der Waals surface area contributed by atoms with Crippen molar-refractivity contribution in [3.05, 3.63) is 59.7 Å². The van der Waals surface area contributed by atoms with Gasteiger partial charge in [0.15, 0.2) is 23.3 Å². The van der Waals surface area contributed by atoms with Crippen molar-refractivity contribution < 1.29 is 17.6 Å². The lowest BCUT2D eigenvalue weighted by molar-refractivity contribution is 0.516. The Bertz CT molecular complexity index is 710. The second kappa shape index (κ2) is 3.70.